The molecule has 1 aliphatic heterocycles. The Morgan fingerprint density at radius 3 is 2.25 bits per heavy atom. The van der Waals surface area contributed by atoms with Crippen LogP contribution in [0, 0.1) is 5.92 Å². The van der Waals surface area contributed by atoms with Crippen LogP contribution in [0.1, 0.15) is 33.6 Å². The molecule has 0 aliphatic carbocycles. The normalized spacial score (nSPS) is 18.1. The van der Waals surface area contributed by atoms with Crippen molar-refractivity contribution in [3.63, 3.8) is 0 Å². The van der Waals surface area contributed by atoms with Crippen LogP contribution in [0.15, 0.2) is 0 Å². The molecule has 116 valence electrons. The SMILES string of the molecule is CC(CCCNC(=O)N1CCN(C(C)C)CC1)C(=O)O. The second kappa shape index (κ2) is 8.09. The number of carbonyl (C=O) groups excluding carboxylic acids is 1. The van der Waals surface area contributed by atoms with E-state index in [-0.39, 0.29) is 11.9 Å². The van der Waals surface area contributed by atoms with Crippen LogP contribution in [0.2, 0.25) is 0 Å². The predicted octanol–water partition coefficient (Wildman–Crippen LogP) is 1.22. The number of carboxylic acids is 1. The van der Waals surface area contributed by atoms with Gasteiger partial charge in [0, 0.05) is 38.8 Å². The number of urea groups is 1. The fraction of sp³-hybridized carbons (Fsp3) is 0.857. The summed E-state index contributed by atoms with van der Waals surface area (Å²) in [6.45, 7) is 9.92. The van der Waals surface area contributed by atoms with Crippen LogP contribution in [0.4, 0.5) is 4.79 Å². The predicted molar refractivity (Wildman–Crippen MR) is 77.7 cm³/mol. The van der Waals surface area contributed by atoms with E-state index >= 15 is 0 Å². The molecule has 2 amide bonds. The average Bonchev–Trinajstić information content (AvgIpc) is 2.43. The van der Waals surface area contributed by atoms with Crippen molar-refractivity contribution in [2.24, 2.45) is 5.92 Å². The molecule has 0 radical (unpaired) electrons. The number of piperazine rings is 1. The van der Waals surface area contributed by atoms with Gasteiger partial charge in [-0.25, -0.2) is 4.79 Å². The molecule has 20 heavy (non-hydrogen) atoms. The van der Waals surface area contributed by atoms with Crippen LogP contribution in [0.5, 0.6) is 0 Å². The Hall–Kier alpha value is -1.30. The number of hydrogen-bond donors (Lipinski definition) is 2. The monoisotopic (exact) mass is 285 g/mol. The lowest BCUT2D eigenvalue weighted by Gasteiger charge is -2.36. The van der Waals surface area contributed by atoms with Gasteiger partial charge in [-0.1, -0.05) is 6.92 Å². The number of aliphatic carboxylic acids is 1. The zero-order chi connectivity index (χ0) is 15.1. The maximum absolute atomic E-state index is 11.9. The van der Waals surface area contributed by atoms with Crippen LogP contribution < -0.4 is 5.32 Å². The highest BCUT2D eigenvalue weighted by molar-refractivity contribution is 5.74. The number of carboxylic acid groups (broad SMARTS) is 1. The first kappa shape index (κ1) is 16.8. The van der Waals surface area contributed by atoms with Crippen molar-refractivity contribution in [1.82, 2.24) is 15.1 Å². The smallest absolute Gasteiger partial charge is 0.317 e. The molecule has 0 spiro atoms. The van der Waals surface area contributed by atoms with E-state index in [1.807, 2.05) is 4.90 Å². The first-order chi connectivity index (χ1) is 9.41. The largest absolute Gasteiger partial charge is 0.481 e. The Balaban J connectivity index is 2.16. The van der Waals surface area contributed by atoms with Gasteiger partial charge in [-0.2, -0.15) is 0 Å². The van der Waals surface area contributed by atoms with Gasteiger partial charge >= 0.3 is 12.0 Å². The zero-order valence-electron chi connectivity index (χ0n) is 12.8. The summed E-state index contributed by atoms with van der Waals surface area (Å²) in [6.07, 6.45) is 1.29. The van der Waals surface area contributed by atoms with E-state index in [9.17, 15) is 9.59 Å². The van der Waals surface area contributed by atoms with Gasteiger partial charge in [0.25, 0.3) is 0 Å². The maximum atomic E-state index is 11.9. The number of hydrogen-bond acceptors (Lipinski definition) is 3. The third-order valence-corrected chi connectivity index (χ3v) is 3.84. The van der Waals surface area contributed by atoms with Crippen molar-refractivity contribution >= 4 is 12.0 Å². The molecule has 1 rings (SSSR count). The first-order valence-electron chi connectivity index (χ1n) is 7.41. The summed E-state index contributed by atoms with van der Waals surface area (Å²) in [5.41, 5.74) is 0. The zero-order valence-corrected chi connectivity index (χ0v) is 12.8. The topological polar surface area (TPSA) is 72.9 Å². The van der Waals surface area contributed by atoms with E-state index < -0.39 is 5.97 Å². The first-order valence-corrected chi connectivity index (χ1v) is 7.41. The van der Waals surface area contributed by atoms with Gasteiger partial charge in [-0.3, -0.25) is 9.69 Å². The van der Waals surface area contributed by atoms with E-state index in [2.05, 4.69) is 24.1 Å². The molecule has 0 bridgehead atoms. The van der Waals surface area contributed by atoms with E-state index in [4.69, 9.17) is 5.11 Å². The molecule has 0 aromatic rings. The molecule has 0 saturated carbocycles. The Morgan fingerprint density at radius 1 is 1.15 bits per heavy atom. The van der Waals surface area contributed by atoms with Crippen molar-refractivity contribution < 1.29 is 14.7 Å². The molecular weight excluding hydrogens is 258 g/mol. The highest BCUT2D eigenvalue weighted by Crippen LogP contribution is 2.07. The summed E-state index contributed by atoms with van der Waals surface area (Å²) in [5, 5.41) is 11.6. The van der Waals surface area contributed by atoms with Crippen LogP contribution in [-0.2, 0) is 4.79 Å². The van der Waals surface area contributed by atoms with Gasteiger partial charge < -0.3 is 15.3 Å². The third kappa shape index (κ3) is 5.36. The van der Waals surface area contributed by atoms with E-state index in [0.29, 0.717) is 25.4 Å². The van der Waals surface area contributed by atoms with Gasteiger partial charge in [0.15, 0.2) is 0 Å². The van der Waals surface area contributed by atoms with Crippen molar-refractivity contribution in [2.75, 3.05) is 32.7 Å². The maximum Gasteiger partial charge on any atom is 0.317 e. The number of nitrogens with zero attached hydrogens (tertiary/aromatic N) is 2. The second-order valence-corrected chi connectivity index (χ2v) is 5.73. The quantitative estimate of drug-likeness (QED) is 0.720. The molecule has 1 aliphatic rings. The second-order valence-electron chi connectivity index (χ2n) is 5.73. The van der Waals surface area contributed by atoms with E-state index in [0.717, 1.165) is 26.2 Å². The Kier molecular flexibility index (Phi) is 6.78. The minimum Gasteiger partial charge on any atom is -0.481 e. The van der Waals surface area contributed by atoms with Gasteiger partial charge in [0.05, 0.1) is 5.92 Å². The van der Waals surface area contributed by atoms with Crippen LogP contribution in [0.25, 0.3) is 0 Å². The molecule has 0 aromatic carbocycles. The average molecular weight is 285 g/mol. The van der Waals surface area contributed by atoms with Gasteiger partial charge in [-0.05, 0) is 26.7 Å². The van der Waals surface area contributed by atoms with E-state index in [1.54, 1.807) is 6.92 Å². The highest BCUT2D eigenvalue weighted by atomic mass is 16.4. The summed E-state index contributed by atoms with van der Waals surface area (Å²) in [4.78, 5) is 26.8. The van der Waals surface area contributed by atoms with Crippen molar-refractivity contribution in [2.45, 2.75) is 39.7 Å². The lowest BCUT2D eigenvalue weighted by molar-refractivity contribution is -0.141. The molecule has 0 aromatic heterocycles. The van der Waals surface area contributed by atoms with Gasteiger partial charge in [0.1, 0.15) is 0 Å². The molecule has 1 saturated heterocycles. The lowest BCUT2D eigenvalue weighted by atomic mass is 10.1. The number of rotatable bonds is 6. The summed E-state index contributed by atoms with van der Waals surface area (Å²) in [6, 6.07) is 0.495. The van der Waals surface area contributed by atoms with Crippen LogP contribution in [0.3, 0.4) is 0 Å². The number of nitrogens with one attached hydrogen (secondary N) is 1. The fourth-order valence-electron chi connectivity index (χ4n) is 2.28. The molecule has 1 heterocycles. The standard InChI is InChI=1S/C14H27N3O3/c1-11(2)16-7-9-17(10-8-16)14(20)15-6-4-5-12(3)13(18)19/h11-12H,4-10H2,1-3H3,(H,15,20)(H,18,19). The highest BCUT2D eigenvalue weighted by Gasteiger charge is 2.22. The summed E-state index contributed by atoms with van der Waals surface area (Å²) in [5.74, 6) is -1.12. The third-order valence-electron chi connectivity index (χ3n) is 3.84. The van der Waals surface area contributed by atoms with Crippen molar-refractivity contribution in [1.29, 1.82) is 0 Å². The van der Waals surface area contributed by atoms with Gasteiger partial charge in [-0.15, -0.1) is 0 Å². The molecular formula is C14H27N3O3. The minimum atomic E-state index is -0.777. The number of amides is 2. The Labute approximate surface area is 121 Å². The summed E-state index contributed by atoms with van der Waals surface area (Å²) < 4.78 is 0. The summed E-state index contributed by atoms with van der Waals surface area (Å²) >= 11 is 0. The van der Waals surface area contributed by atoms with Crippen LogP contribution >= 0.6 is 0 Å². The van der Waals surface area contributed by atoms with Crippen LogP contribution in [-0.4, -0.2) is 65.7 Å². The van der Waals surface area contributed by atoms with E-state index in [1.165, 1.54) is 0 Å². The van der Waals surface area contributed by atoms with Crippen molar-refractivity contribution in [3.8, 4) is 0 Å². The van der Waals surface area contributed by atoms with Gasteiger partial charge in [0.2, 0.25) is 0 Å². The Bertz CT molecular complexity index is 326. The molecule has 1 unspecified atom stereocenters. The Morgan fingerprint density at radius 2 is 1.75 bits per heavy atom. The fourth-order valence-corrected chi connectivity index (χ4v) is 2.28. The summed E-state index contributed by atoms with van der Waals surface area (Å²) in [7, 11) is 0. The number of carbonyl (C=O) groups is 2. The molecule has 1 atom stereocenters. The lowest BCUT2D eigenvalue weighted by Crippen LogP contribution is -2.53. The molecule has 6 nitrogen and oxygen atoms in total. The molecule has 2 N–H and O–H groups in total. The minimum absolute atomic E-state index is 0.0311. The molecule has 1 fully saturated rings. The van der Waals surface area contributed by atoms with Crippen molar-refractivity contribution in [3.05, 3.63) is 0 Å². The molecule has 6 heteroatoms.